The fourth-order valence-corrected chi connectivity index (χ4v) is 4.26. The zero-order chi connectivity index (χ0) is 19.3. The predicted octanol–water partition coefficient (Wildman–Crippen LogP) is 4.88. The maximum absolute atomic E-state index is 12.0. The van der Waals surface area contributed by atoms with Gasteiger partial charge in [-0.3, -0.25) is 9.59 Å². The number of anilines is 2. The molecule has 1 saturated carbocycles. The first-order valence-electron chi connectivity index (χ1n) is 9.40. The minimum absolute atomic E-state index is 0.0381. The van der Waals surface area contributed by atoms with Gasteiger partial charge in [-0.05, 0) is 49.6 Å². The molecule has 6 heteroatoms. The molecule has 2 aromatic carbocycles. The first kappa shape index (κ1) is 17.1. The SMILES string of the molecule is CC1C(=O)Nc2ccc(-c3csc(-c4cccc(NC(=O)C5CC5)c4)n3)cc21. The summed E-state index contributed by atoms with van der Waals surface area (Å²) in [6, 6.07) is 13.8. The van der Waals surface area contributed by atoms with Gasteiger partial charge in [-0.25, -0.2) is 4.98 Å². The lowest BCUT2D eigenvalue weighted by Crippen LogP contribution is -2.13. The number of carbonyl (C=O) groups is 2. The fourth-order valence-electron chi connectivity index (χ4n) is 3.44. The van der Waals surface area contributed by atoms with Crippen LogP contribution in [0.25, 0.3) is 21.8 Å². The Morgan fingerprint density at radius 2 is 2.04 bits per heavy atom. The van der Waals surface area contributed by atoms with Crippen molar-refractivity contribution in [2.45, 2.75) is 25.7 Å². The third-order valence-electron chi connectivity index (χ3n) is 5.29. The molecule has 1 unspecified atom stereocenters. The van der Waals surface area contributed by atoms with Crippen LogP contribution in [0.5, 0.6) is 0 Å². The Morgan fingerprint density at radius 3 is 2.86 bits per heavy atom. The third-order valence-corrected chi connectivity index (χ3v) is 6.19. The van der Waals surface area contributed by atoms with E-state index in [9.17, 15) is 9.59 Å². The van der Waals surface area contributed by atoms with Crippen molar-refractivity contribution < 1.29 is 9.59 Å². The van der Waals surface area contributed by atoms with Gasteiger partial charge in [0.1, 0.15) is 5.01 Å². The summed E-state index contributed by atoms with van der Waals surface area (Å²) < 4.78 is 0. The van der Waals surface area contributed by atoms with Gasteiger partial charge in [-0.1, -0.05) is 18.2 Å². The highest BCUT2D eigenvalue weighted by Crippen LogP contribution is 2.37. The van der Waals surface area contributed by atoms with Gasteiger partial charge in [0.15, 0.2) is 0 Å². The molecule has 5 nitrogen and oxygen atoms in total. The summed E-state index contributed by atoms with van der Waals surface area (Å²) in [5, 5.41) is 8.82. The highest BCUT2D eigenvalue weighted by molar-refractivity contribution is 7.13. The van der Waals surface area contributed by atoms with E-state index in [0.717, 1.165) is 51.6 Å². The molecule has 2 amide bonds. The van der Waals surface area contributed by atoms with E-state index in [0.29, 0.717) is 0 Å². The number of benzene rings is 2. The number of aromatic nitrogens is 1. The van der Waals surface area contributed by atoms with E-state index in [2.05, 4.69) is 10.6 Å². The number of hydrogen-bond donors (Lipinski definition) is 2. The quantitative estimate of drug-likeness (QED) is 0.668. The Labute approximate surface area is 166 Å². The largest absolute Gasteiger partial charge is 0.326 e. The normalized spacial score (nSPS) is 17.9. The molecule has 140 valence electrons. The zero-order valence-electron chi connectivity index (χ0n) is 15.4. The van der Waals surface area contributed by atoms with Gasteiger partial charge in [0.2, 0.25) is 11.8 Å². The van der Waals surface area contributed by atoms with Gasteiger partial charge < -0.3 is 10.6 Å². The summed E-state index contributed by atoms with van der Waals surface area (Å²) in [7, 11) is 0. The highest BCUT2D eigenvalue weighted by Gasteiger charge is 2.29. The van der Waals surface area contributed by atoms with Crippen LogP contribution in [0.2, 0.25) is 0 Å². The smallest absolute Gasteiger partial charge is 0.231 e. The topological polar surface area (TPSA) is 71.1 Å². The summed E-state index contributed by atoms with van der Waals surface area (Å²) in [6.07, 6.45) is 1.98. The molecule has 2 N–H and O–H groups in total. The average molecular weight is 389 g/mol. The van der Waals surface area contributed by atoms with Crippen molar-refractivity contribution >= 4 is 34.5 Å². The van der Waals surface area contributed by atoms with Gasteiger partial charge in [0.05, 0.1) is 11.6 Å². The van der Waals surface area contributed by atoms with Gasteiger partial charge in [0, 0.05) is 33.8 Å². The van der Waals surface area contributed by atoms with Gasteiger partial charge in [-0.2, -0.15) is 0 Å². The second kappa shape index (κ2) is 6.56. The van der Waals surface area contributed by atoms with Crippen molar-refractivity contribution in [3.63, 3.8) is 0 Å². The van der Waals surface area contributed by atoms with Crippen molar-refractivity contribution in [1.29, 1.82) is 0 Å². The first-order chi connectivity index (χ1) is 13.6. The van der Waals surface area contributed by atoms with Crippen molar-refractivity contribution in [2.24, 2.45) is 5.92 Å². The Hall–Kier alpha value is -2.99. The van der Waals surface area contributed by atoms with Crippen molar-refractivity contribution in [1.82, 2.24) is 4.98 Å². The number of carbonyl (C=O) groups excluding carboxylic acids is 2. The van der Waals surface area contributed by atoms with Crippen LogP contribution < -0.4 is 10.6 Å². The summed E-state index contributed by atoms with van der Waals surface area (Å²) >= 11 is 1.57. The number of thiazole rings is 1. The Bertz CT molecular complexity index is 1100. The van der Waals surface area contributed by atoms with E-state index in [1.807, 2.05) is 54.8 Å². The zero-order valence-corrected chi connectivity index (χ0v) is 16.2. The second-order valence-corrected chi connectivity index (χ2v) is 8.25. The number of amides is 2. The van der Waals surface area contributed by atoms with E-state index in [-0.39, 0.29) is 23.7 Å². The van der Waals surface area contributed by atoms with Crippen LogP contribution in [0.3, 0.4) is 0 Å². The van der Waals surface area contributed by atoms with Crippen LogP contribution in [-0.4, -0.2) is 16.8 Å². The minimum atomic E-state index is -0.139. The van der Waals surface area contributed by atoms with E-state index in [4.69, 9.17) is 4.98 Å². The Balaban J connectivity index is 1.41. The monoisotopic (exact) mass is 389 g/mol. The molecular formula is C22H19N3O2S. The lowest BCUT2D eigenvalue weighted by molar-refractivity contribution is -0.117. The van der Waals surface area contributed by atoms with Crippen LogP contribution in [0.4, 0.5) is 11.4 Å². The highest BCUT2D eigenvalue weighted by atomic mass is 32.1. The summed E-state index contributed by atoms with van der Waals surface area (Å²) in [4.78, 5) is 28.7. The number of nitrogens with zero attached hydrogens (tertiary/aromatic N) is 1. The average Bonchev–Trinajstić information content (AvgIpc) is 3.37. The summed E-state index contributed by atoms with van der Waals surface area (Å²) in [5.74, 6) is 0.182. The minimum Gasteiger partial charge on any atom is -0.326 e. The molecule has 2 aliphatic rings. The third kappa shape index (κ3) is 3.10. The molecule has 2 heterocycles. The van der Waals surface area contributed by atoms with Crippen molar-refractivity contribution in [3.05, 3.63) is 53.4 Å². The van der Waals surface area contributed by atoms with Crippen LogP contribution in [0.1, 0.15) is 31.2 Å². The second-order valence-electron chi connectivity index (χ2n) is 7.40. The Kier molecular flexibility index (Phi) is 4.02. The van der Waals surface area contributed by atoms with Crippen LogP contribution in [0, 0.1) is 5.92 Å². The van der Waals surface area contributed by atoms with Crippen LogP contribution >= 0.6 is 11.3 Å². The van der Waals surface area contributed by atoms with Crippen molar-refractivity contribution in [2.75, 3.05) is 10.6 Å². The molecule has 1 aliphatic carbocycles. The predicted molar refractivity (Wildman–Crippen MR) is 111 cm³/mol. The molecule has 1 atom stereocenters. The standard InChI is InChI=1S/C22H19N3O2S/c1-12-17-10-14(7-8-18(17)24-20(12)26)19-11-28-22(25-19)15-3-2-4-16(9-15)23-21(27)13-5-6-13/h2-4,7-13H,5-6H2,1H3,(H,23,27)(H,24,26). The van der Waals surface area contributed by atoms with E-state index in [1.54, 1.807) is 11.3 Å². The number of fused-ring (bicyclic) bond motifs is 1. The van der Waals surface area contributed by atoms with Gasteiger partial charge in [0.25, 0.3) is 0 Å². The number of rotatable bonds is 4. The summed E-state index contributed by atoms with van der Waals surface area (Å²) in [5.41, 5.74) is 5.58. The first-order valence-corrected chi connectivity index (χ1v) is 10.3. The number of nitrogens with one attached hydrogen (secondary N) is 2. The molecule has 1 aliphatic heterocycles. The molecular weight excluding hydrogens is 370 g/mol. The lowest BCUT2D eigenvalue weighted by Gasteiger charge is -2.06. The maximum atomic E-state index is 12.0. The summed E-state index contributed by atoms with van der Waals surface area (Å²) in [6.45, 7) is 1.92. The molecule has 0 saturated heterocycles. The lowest BCUT2D eigenvalue weighted by atomic mass is 9.99. The van der Waals surface area contributed by atoms with Gasteiger partial charge >= 0.3 is 0 Å². The van der Waals surface area contributed by atoms with Crippen LogP contribution in [-0.2, 0) is 9.59 Å². The van der Waals surface area contributed by atoms with Crippen LogP contribution in [0.15, 0.2) is 47.8 Å². The fraction of sp³-hybridized carbons (Fsp3) is 0.227. The van der Waals surface area contributed by atoms with E-state index >= 15 is 0 Å². The van der Waals surface area contributed by atoms with E-state index < -0.39 is 0 Å². The molecule has 0 spiro atoms. The molecule has 0 bridgehead atoms. The molecule has 0 radical (unpaired) electrons. The van der Waals surface area contributed by atoms with E-state index in [1.165, 1.54) is 0 Å². The molecule has 28 heavy (non-hydrogen) atoms. The van der Waals surface area contributed by atoms with Gasteiger partial charge in [-0.15, -0.1) is 11.3 Å². The molecule has 3 aromatic rings. The number of hydrogen-bond acceptors (Lipinski definition) is 4. The molecule has 1 aromatic heterocycles. The molecule has 5 rings (SSSR count). The Morgan fingerprint density at radius 1 is 1.18 bits per heavy atom. The maximum Gasteiger partial charge on any atom is 0.231 e. The van der Waals surface area contributed by atoms with Crippen molar-refractivity contribution in [3.8, 4) is 21.8 Å². The molecule has 1 fully saturated rings.